The van der Waals surface area contributed by atoms with Crippen molar-refractivity contribution in [2.24, 2.45) is 0 Å². The standard InChI is InChI=1S/C29H29NP2/c1-21(2)30(32-28-19-11-7-15-24(28)25-16-8-12-20-29(25)32)31(26-17-9-5-13-22(26)3)27-18-10-6-14-23(27)4/h5-21H,1-4H3. The van der Waals surface area contributed by atoms with Crippen LogP contribution in [0.25, 0.3) is 21.0 Å². The molecule has 5 aromatic rings. The van der Waals surface area contributed by atoms with Crippen molar-refractivity contribution in [2.75, 3.05) is 4.44 Å². The zero-order valence-corrected chi connectivity index (χ0v) is 20.9. The van der Waals surface area contributed by atoms with Gasteiger partial charge in [-0.25, -0.2) is 4.44 Å². The molecule has 1 heterocycles. The molecule has 5 rings (SSSR count). The van der Waals surface area contributed by atoms with Crippen molar-refractivity contribution in [1.82, 2.24) is 0 Å². The average molecular weight is 454 g/mol. The predicted molar refractivity (Wildman–Crippen MR) is 146 cm³/mol. The van der Waals surface area contributed by atoms with Crippen molar-refractivity contribution in [1.29, 1.82) is 0 Å². The van der Waals surface area contributed by atoms with Crippen LogP contribution < -0.4 is 15.1 Å². The Morgan fingerprint density at radius 1 is 0.594 bits per heavy atom. The van der Waals surface area contributed by atoms with Crippen molar-refractivity contribution in [2.45, 2.75) is 33.7 Å². The third kappa shape index (κ3) is 3.60. The van der Waals surface area contributed by atoms with Gasteiger partial charge in [-0.05, 0) is 80.0 Å². The maximum absolute atomic E-state index is 2.86. The monoisotopic (exact) mass is 453 g/mol. The lowest BCUT2D eigenvalue weighted by Gasteiger charge is -2.37. The van der Waals surface area contributed by atoms with Crippen molar-refractivity contribution in [3.05, 3.63) is 108 Å². The largest absolute Gasteiger partial charge is 0.227 e. The lowest BCUT2D eigenvalue weighted by atomic mass is 10.2. The predicted octanol–water partition coefficient (Wildman–Crippen LogP) is 7.99. The summed E-state index contributed by atoms with van der Waals surface area (Å²) in [6.07, 6.45) is 0. The third-order valence-electron chi connectivity index (χ3n) is 6.11. The summed E-state index contributed by atoms with van der Waals surface area (Å²) in [4.78, 5) is 0. The van der Waals surface area contributed by atoms with Crippen LogP contribution in [-0.2, 0) is 0 Å². The molecule has 4 aromatic carbocycles. The molecule has 1 nitrogen and oxygen atoms in total. The number of hydrogen-bond acceptors (Lipinski definition) is 1. The van der Waals surface area contributed by atoms with Crippen LogP contribution in [0.15, 0.2) is 97.1 Å². The fourth-order valence-electron chi connectivity index (χ4n) is 4.63. The van der Waals surface area contributed by atoms with E-state index in [2.05, 4.69) is 129 Å². The highest BCUT2D eigenvalue weighted by Gasteiger charge is 2.31. The van der Waals surface area contributed by atoms with Crippen molar-refractivity contribution >= 4 is 47.4 Å². The fourth-order valence-corrected chi connectivity index (χ4v) is 11.4. The van der Waals surface area contributed by atoms with Gasteiger partial charge in [-0.1, -0.05) is 84.9 Å². The summed E-state index contributed by atoms with van der Waals surface area (Å²) in [6.45, 7) is 9.28. The number of hydrogen-bond donors (Lipinski definition) is 0. The quantitative estimate of drug-likeness (QED) is 0.244. The molecule has 0 aliphatic heterocycles. The van der Waals surface area contributed by atoms with Crippen LogP contribution in [0.3, 0.4) is 0 Å². The first-order valence-corrected chi connectivity index (χ1v) is 13.9. The van der Waals surface area contributed by atoms with Crippen molar-refractivity contribution in [3.63, 3.8) is 0 Å². The molecule has 0 aliphatic rings. The molecule has 0 amide bonds. The molecule has 0 bridgehead atoms. The molecule has 160 valence electrons. The van der Waals surface area contributed by atoms with Gasteiger partial charge in [0.1, 0.15) is 0 Å². The van der Waals surface area contributed by atoms with Crippen molar-refractivity contribution < 1.29 is 0 Å². The Kier molecular flexibility index (Phi) is 5.92. The van der Waals surface area contributed by atoms with Gasteiger partial charge in [0.25, 0.3) is 0 Å². The number of aryl methyl sites for hydroxylation is 2. The number of benzene rings is 4. The maximum Gasteiger partial charge on any atom is 0.0365 e. The van der Waals surface area contributed by atoms with Crippen LogP contribution in [0.1, 0.15) is 25.0 Å². The Labute approximate surface area is 193 Å². The van der Waals surface area contributed by atoms with Gasteiger partial charge < -0.3 is 0 Å². The molecule has 0 aliphatic carbocycles. The summed E-state index contributed by atoms with van der Waals surface area (Å²) in [5, 5.41) is 8.73. The fraction of sp³-hybridized carbons (Fsp3) is 0.172. The van der Waals surface area contributed by atoms with Gasteiger partial charge in [-0.2, -0.15) is 0 Å². The second-order valence-corrected chi connectivity index (χ2v) is 13.0. The molecule has 0 N–H and O–H groups in total. The van der Waals surface area contributed by atoms with Gasteiger partial charge >= 0.3 is 0 Å². The van der Waals surface area contributed by atoms with E-state index >= 15 is 0 Å². The van der Waals surface area contributed by atoms with Gasteiger partial charge in [-0.15, -0.1) is 0 Å². The van der Waals surface area contributed by atoms with E-state index < -0.39 is 15.8 Å². The average Bonchev–Trinajstić information content (AvgIpc) is 3.13. The van der Waals surface area contributed by atoms with E-state index in [1.54, 1.807) is 0 Å². The summed E-state index contributed by atoms with van der Waals surface area (Å²) in [5.41, 5.74) is 2.76. The van der Waals surface area contributed by atoms with E-state index in [1.807, 2.05) is 0 Å². The smallest absolute Gasteiger partial charge is 0.0365 e. The van der Waals surface area contributed by atoms with E-state index in [0.717, 1.165) is 0 Å². The molecule has 0 atom stereocenters. The molecule has 0 saturated heterocycles. The van der Waals surface area contributed by atoms with Gasteiger partial charge in [0.05, 0.1) is 0 Å². The number of nitrogens with zero attached hydrogens (tertiary/aromatic N) is 1. The van der Waals surface area contributed by atoms with Crippen LogP contribution in [0.2, 0.25) is 0 Å². The van der Waals surface area contributed by atoms with Crippen LogP contribution in [0, 0.1) is 13.8 Å². The Hall–Kier alpha value is -2.43. The first-order valence-electron chi connectivity index (χ1n) is 11.3. The third-order valence-corrected chi connectivity index (χ3v) is 12.5. The lowest BCUT2D eigenvalue weighted by Crippen LogP contribution is -2.33. The number of rotatable bonds is 5. The first-order chi connectivity index (χ1) is 15.6. The van der Waals surface area contributed by atoms with Crippen LogP contribution in [-0.4, -0.2) is 6.04 Å². The maximum atomic E-state index is 2.86. The second kappa shape index (κ2) is 8.84. The van der Waals surface area contributed by atoms with Crippen LogP contribution in [0.5, 0.6) is 0 Å². The van der Waals surface area contributed by atoms with E-state index in [4.69, 9.17) is 0 Å². The minimum atomic E-state index is -0.693. The van der Waals surface area contributed by atoms with E-state index in [1.165, 1.54) is 42.7 Å². The van der Waals surface area contributed by atoms with Gasteiger partial charge in [0, 0.05) is 24.4 Å². The molecule has 3 heteroatoms. The minimum Gasteiger partial charge on any atom is -0.227 e. The molecule has 1 aromatic heterocycles. The highest BCUT2D eigenvalue weighted by molar-refractivity contribution is 7.85. The molecule has 0 saturated carbocycles. The van der Waals surface area contributed by atoms with Gasteiger partial charge in [0.2, 0.25) is 0 Å². The molecule has 32 heavy (non-hydrogen) atoms. The van der Waals surface area contributed by atoms with Gasteiger partial charge in [-0.3, -0.25) is 0 Å². The summed E-state index contributed by atoms with van der Waals surface area (Å²) < 4.78 is 2.86. The zero-order chi connectivity index (χ0) is 22.2. The summed E-state index contributed by atoms with van der Waals surface area (Å²) in [5.74, 6) is 0. The topological polar surface area (TPSA) is 3.24 Å². The minimum absolute atomic E-state index is 0.408. The van der Waals surface area contributed by atoms with E-state index in [-0.39, 0.29) is 0 Å². The second-order valence-electron chi connectivity index (χ2n) is 8.65. The Bertz CT molecular complexity index is 1300. The molecule has 0 unspecified atom stereocenters. The molecule has 0 radical (unpaired) electrons. The summed E-state index contributed by atoms with van der Waals surface area (Å²) >= 11 is 0. The normalized spacial score (nSPS) is 12.0. The van der Waals surface area contributed by atoms with Crippen LogP contribution >= 0.6 is 15.8 Å². The molecule has 0 fully saturated rings. The van der Waals surface area contributed by atoms with Gasteiger partial charge in [0.15, 0.2) is 0 Å². The Morgan fingerprint density at radius 3 is 1.44 bits per heavy atom. The lowest BCUT2D eigenvalue weighted by molar-refractivity contribution is 0.873. The summed E-state index contributed by atoms with van der Waals surface area (Å²) in [7, 11) is -1.32. The van der Waals surface area contributed by atoms with Crippen LogP contribution in [0.4, 0.5) is 0 Å². The highest BCUT2D eigenvalue weighted by Crippen LogP contribution is 2.59. The highest BCUT2D eigenvalue weighted by atomic mass is 31.2. The van der Waals surface area contributed by atoms with Crippen molar-refractivity contribution in [3.8, 4) is 0 Å². The Morgan fingerprint density at radius 2 is 1.00 bits per heavy atom. The molecular weight excluding hydrogens is 424 g/mol. The Balaban J connectivity index is 1.87. The molecular formula is C29H29NP2. The van der Waals surface area contributed by atoms with E-state index in [9.17, 15) is 0 Å². The zero-order valence-electron chi connectivity index (χ0n) is 19.2. The van der Waals surface area contributed by atoms with E-state index in [0.29, 0.717) is 6.04 Å². The molecule has 0 spiro atoms. The SMILES string of the molecule is Cc1ccccc1P(c1ccccc1C)N(C(C)C)p1c2ccccc2c2ccccc21. The number of fused-ring (bicyclic) bond motifs is 3. The first kappa shape index (κ1) is 21.4. The summed E-state index contributed by atoms with van der Waals surface area (Å²) in [6, 6.07) is 36.5.